The molecule has 1 aromatic carbocycles. The summed E-state index contributed by atoms with van der Waals surface area (Å²) >= 11 is 0. The van der Waals surface area contributed by atoms with Crippen molar-refractivity contribution in [1.82, 2.24) is 5.32 Å². The zero-order valence-electron chi connectivity index (χ0n) is 11.5. The van der Waals surface area contributed by atoms with Gasteiger partial charge in [-0.15, -0.1) is 0 Å². The molecule has 0 saturated carbocycles. The number of amides is 1. The Hall–Kier alpha value is -1.75. The van der Waals surface area contributed by atoms with E-state index in [1.165, 1.54) is 12.1 Å². The molecule has 0 saturated heterocycles. The fraction of sp³-hybridized carbons (Fsp3) is 0.500. The third kappa shape index (κ3) is 4.44. The monoisotopic (exact) mass is 267 g/mol. The number of benzene rings is 1. The average molecular weight is 267 g/mol. The molecule has 0 fully saturated rings. The maximum atomic E-state index is 12.1. The summed E-state index contributed by atoms with van der Waals surface area (Å²) in [6.45, 7) is 5.88. The van der Waals surface area contributed by atoms with Gasteiger partial charge in [-0.05, 0) is 24.0 Å². The molecule has 0 aliphatic rings. The van der Waals surface area contributed by atoms with Crippen molar-refractivity contribution in [3.05, 3.63) is 23.8 Å². The zero-order chi connectivity index (χ0) is 14.6. The number of nitrogens with one attached hydrogen (secondary N) is 1. The minimum absolute atomic E-state index is 0.0203. The Balaban J connectivity index is 2.87. The van der Waals surface area contributed by atoms with Gasteiger partial charge in [-0.3, -0.25) is 4.79 Å². The van der Waals surface area contributed by atoms with E-state index in [-0.39, 0.29) is 41.0 Å². The van der Waals surface area contributed by atoms with Crippen LogP contribution in [0, 0.1) is 5.41 Å². The predicted octanol–water partition coefficient (Wildman–Crippen LogP) is 1.62. The van der Waals surface area contributed by atoms with Crippen LogP contribution in [0.15, 0.2) is 18.2 Å². The molecule has 5 nitrogen and oxygen atoms in total. The summed E-state index contributed by atoms with van der Waals surface area (Å²) in [5.74, 6) is -0.723. The van der Waals surface area contributed by atoms with Crippen molar-refractivity contribution < 1.29 is 20.1 Å². The minimum atomic E-state index is -0.389. The number of hydrogen-bond donors (Lipinski definition) is 4. The zero-order valence-corrected chi connectivity index (χ0v) is 11.5. The quantitative estimate of drug-likeness (QED) is 0.667. The van der Waals surface area contributed by atoms with E-state index in [2.05, 4.69) is 5.32 Å². The number of carbonyl (C=O) groups excluding carboxylic acids is 1. The molecular formula is C14H21NO4. The average Bonchev–Trinajstić information content (AvgIpc) is 2.25. The highest BCUT2D eigenvalue weighted by Crippen LogP contribution is 2.24. The summed E-state index contributed by atoms with van der Waals surface area (Å²) in [7, 11) is 0. The topological polar surface area (TPSA) is 89.8 Å². The molecule has 0 radical (unpaired) electrons. The molecule has 5 heteroatoms. The summed E-state index contributed by atoms with van der Waals surface area (Å²) in [4.78, 5) is 12.1. The van der Waals surface area contributed by atoms with Crippen LogP contribution >= 0.6 is 0 Å². The highest BCUT2D eigenvalue weighted by Gasteiger charge is 2.26. The molecule has 0 aliphatic carbocycles. The first-order valence-corrected chi connectivity index (χ1v) is 6.19. The van der Waals surface area contributed by atoms with Crippen molar-refractivity contribution in [2.45, 2.75) is 33.2 Å². The van der Waals surface area contributed by atoms with Crippen molar-refractivity contribution in [2.24, 2.45) is 5.41 Å². The van der Waals surface area contributed by atoms with E-state index < -0.39 is 0 Å². The minimum Gasteiger partial charge on any atom is -0.508 e. The lowest BCUT2D eigenvalue weighted by Crippen LogP contribution is -2.44. The van der Waals surface area contributed by atoms with Gasteiger partial charge in [0.15, 0.2) is 0 Å². The second-order valence-electron chi connectivity index (χ2n) is 5.64. The van der Waals surface area contributed by atoms with Crippen molar-refractivity contribution >= 4 is 5.91 Å². The first-order chi connectivity index (χ1) is 8.74. The Labute approximate surface area is 112 Å². The van der Waals surface area contributed by atoms with E-state index in [4.69, 9.17) is 5.11 Å². The highest BCUT2D eigenvalue weighted by atomic mass is 16.3. The lowest BCUT2D eigenvalue weighted by atomic mass is 9.84. The van der Waals surface area contributed by atoms with Gasteiger partial charge in [-0.1, -0.05) is 20.8 Å². The highest BCUT2D eigenvalue weighted by molar-refractivity contribution is 5.95. The number of aromatic hydroxyl groups is 2. The predicted molar refractivity (Wildman–Crippen MR) is 72.2 cm³/mol. The fourth-order valence-corrected chi connectivity index (χ4v) is 1.82. The molecule has 0 spiro atoms. The molecule has 1 amide bonds. The number of rotatable bonds is 4. The summed E-state index contributed by atoms with van der Waals surface area (Å²) in [6.07, 6.45) is 0.444. The number of aliphatic hydroxyl groups excluding tert-OH is 1. The van der Waals surface area contributed by atoms with Crippen molar-refractivity contribution in [3.63, 3.8) is 0 Å². The van der Waals surface area contributed by atoms with Gasteiger partial charge >= 0.3 is 0 Å². The Bertz CT molecular complexity index is 431. The maximum Gasteiger partial charge on any atom is 0.251 e. The van der Waals surface area contributed by atoms with E-state index in [0.29, 0.717) is 6.42 Å². The summed E-state index contributed by atoms with van der Waals surface area (Å²) in [5.41, 5.74) is -0.0123. The van der Waals surface area contributed by atoms with Crippen LogP contribution in [0.4, 0.5) is 0 Å². The Morgan fingerprint density at radius 2 is 1.74 bits per heavy atom. The second kappa shape index (κ2) is 5.93. The van der Waals surface area contributed by atoms with Crippen LogP contribution in [-0.4, -0.2) is 33.9 Å². The van der Waals surface area contributed by atoms with Crippen molar-refractivity contribution in [1.29, 1.82) is 0 Å². The van der Waals surface area contributed by atoms with Gasteiger partial charge in [-0.25, -0.2) is 0 Å². The molecular weight excluding hydrogens is 246 g/mol. The summed E-state index contributed by atoms with van der Waals surface area (Å²) in [5, 5.41) is 30.6. The van der Waals surface area contributed by atoms with Crippen LogP contribution in [0.2, 0.25) is 0 Å². The molecule has 0 heterocycles. The third-order valence-corrected chi connectivity index (χ3v) is 2.93. The van der Waals surface area contributed by atoms with E-state index >= 15 is 0 Å². The largest absolute Gasteiger partial charge is 0.508 e. The van der Waals surface area contributed by atoms with Gasteiger partial charge in [0.2, 0.25) is 0 Å². The molecule has 1 rings (SSSR count). The number of phenols is 2. The molecule has 106 valence electrons. The SMILES string of the molecule is CC(C)(C)C(CCO)NC(=O)c1cc(O)cc(O)c1. The third-order valence-electron chi connectivity index (χ3n) is 2.93. The number of carbonyl (C=O) groups is 1. The molecule has 19 heavy (non-hydrogen) atoms. The van der Waals surface area contributed by atoms with Gasteiger partial charge in [0, 0.05) is 24.3 Å². The number of aliphatic hydroxyl groups is 1. The molecule has 1 aromatic rings. The second-order valence-corrected chi connectivity index (χ2v) is 5.64. The normalized spacial score (nSPS) is 13.1. The van der Waals surface area contributed by atoms with E-state index in [0.717, 1.165) is 6.07 Å². The first-order valence-electron chi connectivity index (χ1n) is 6.19. The molecule has 4 N–H and O–H groups in total. The molecule has 1 unspecified atom stereocenters. The Kier molecular flexibility index (Phi) is 4.78. The molecule has 0 bridgehead atoms. The fourth-order valence-electron chi connectivity index (χ4n) is 1.82. The summed E-state index contributed by atoms with van der Waals surface area (Å²) < 4.78 is 0. The van der Waals surface area contributed by atoms with E-state index in [1.54, 1.807) is 0 Å². The van der Waals surface area contributed by atoms with Crippen molar-refractivity contribution in [3.8, 4) is 11.5 Å². The van der Waals surface area contributed by atoms with Crippen LogP contribution in [0.25, 0.3) is 0 Å². The van der Waals surface area contributed by atoms with Gasteiger partial charge < -0.3 is 20.6 Å². The van der Waals surface area contributed by atoms with Crippen LogP contribution in [0.1, 0.15) is 37.6 Å². The van der Waals surface area contributed by atoms with Gasteiger partial charge in [0.05, 0.1) is 0 Å². The van der Waals surface area contributed by atoms with E-state index in [1.807, 2.05) is 20.8 Å². The van der Waals surface area contributed by atoms with Crippen LogP contribution in [0.3, 0.4) is 0 Å². The van der Waals surface area contributed by atoms with Gasteiger partial charge in [-0.2, -0.15) is 0 Å². The Morgan fingerprint density at radius 3 is 2.16 bits per heavy atom. The van der Waals surface area contributed by atoms with E-state index in [9.17, 15) is 15.0 Å². The lowest BCUT2D eigenvalue weighted by molar-refractivity contribution is 0.0884. The molecule has 1 atom stereocenters. The van der Waals surface area contributed by atoms with Crippen LogP contribution in [0.5, 0.6) is 11.5 Å². The Morgan fingerprint density at radius 1 is 1.21 bits per heavy atom. The standard InChI is InChI=1S/C14H21NO4/c1-14(2,3)12(4-5-16)15-13(19)9-6-10(17)8-11(18)7-9/h6-8,12,16-18H,4-5H2,1-3H3,(H,15,19). The van der Waals surface area contributed by atoms with Crippen LogP contribution in [-0.2, 0) is 0 Å². The molecule has 0 aromatic heterocycles. The van der Waals surface area contributed by atoms with Crippen molar-refractivity contribution in [2.75, 3.05) is 6.61 Å². The maximum absolute atomic E-state index is 12.1. The number of hydrogen-bond acceptors (Lipinski definition) is 4. The summed E-state index contributed by atoms with van der Waals surface area (Å²) in [6, 6.07) is 3.53. The lowest BCUT2D eigenvalue weighted by Gasteiger charge is -2.31. The molecule has 0 aliphatic heterocycles. The van der Waals surface area contributed by atoms with Gasteiger partial charge in [0.1, 0.15) is 11.5 Å². The first kappa shape index (κ1) is 15.3. The smallest absolute Gasteiger partial charge is 0.251 e. The number of phenolic OH excluding ortho intramolecular Hbond substituents is 2. The van der Waals surface area contributed by atoms with Gasteiger partial charge in [0.25, 0.3) is 5.91 Å². The van der Waals surface area contributed by atoms with Crippen LogP contribution < -0.4 is 5.32 Å².